The molecule has 61 heavy (non-hydrogen) atoms. The summed E-state index contributed by atoms with van der Waals surface area (Å²) in [7, 11) is 0. The Morgan fingerprint density at radius 1 is 0.344 bits per heavy atom. The van der Waals surface area contributed by atoms with Gasteiger partial charge in [-0.15, -0.1) is 0 Å². The smallest absolute Gasteiger partial charge is 0.143 e. The number of rotatable bonds is 5. The maximum atomic E-state index is 6.77. The molecule has 0 amide bonds. The number of nitrogens with zero attached hydrogens (tertiary/aromatic N) is 1. The lowest BCUT2D eigenvalue weighted by Gasteiger charge is -2.36. The second-order valence-corrected chi connectivity index (χ2v) is 16.3. The minimum absolute atomic E-state index is 0.533. The third-order valence-corrected chi connectivity index (χ3v) is 13.3. The molecule has 1 heterocycles. The van der Waals surface area contributed by atoms with E-state index >= 15 is 0 Å². The van der Waals surface area contributed by atoms with Gasteiger partial charge < -0.3 is 9.32 Å². The first-order valence-corrected chi connectivity index (χ1v) is 21.1. The Kier molecular flexibility index (Phi) is 7.26. The highest BCUT2D eigenvalue weighted by atomic mass is 16.3. The number of hydrogen-bond acceptors (Lipinski definition) is 2. The average molecular weight is 776 g/mol. The summed E-state index contributed by atoms with van der Waals surface area (Å²) >= 11 is 0. The Morgan fingerprint density at radius 3 is 1.62 bits per heavy atom. The number of para-hydroxylation sites is 1. The molecule has 2 aliphatic rings. The molecule has 0 aliphatic heterocycles. The first-order valence-electron chi connectivity index (χ1n) is 21.1. The van der Waals surface area contributed by atoms with Gasteiger partial charge in [-0.25, -0.2) is 0 Å². The zero-order valence-electron chi connectivity index (χ0n) is 33.2. The Balaban J connectivity index is 1.12. The van der Waals surface area contributed by atoms with Crippen LogP contribution < -0.4 is 4.90 Å². The summed E-state index contributed by atoms with van der Waals surface area (Å²) < 4.78 is 6.77. The lowest BCUT2D eigenvalue weighted by molar-refractivity contribution is 0.673. The molecule has 0 bridgehead atoms. The van der Waals surface area contributed by atoms with Crippen molar-refractivity contribution in [2.75, 3.05) is 4.90 Å². The van der Waals surface area contributed by atoms with E-state index in [1.165, 1.54) is 61.0 Å². The van der Waals surface area contributed by atoms with Crippen molar-refractivity contribution in [1.29, 1.82) is 0 Å². The van der Waals surface area contributed by atoms with E-state index in [2.05, 4.69) is 229 Å². The average Bonchev–Trinajstić information content (AvgIpc) is 3.97. The maximum absolute atomic E-state index is 6.77. The summed E-state index contributed by atoms with van der Waals surface area (Å²) in [6, 6.07) is 82.3. The first kappa shape index (κ1) is 34.0. The predicted octanol–water partition coefficient (Wildman–Crippen LogP) is 15.9. The zero-order chi connectivity index (χ0) is 40.1. The van der Waals surface area contributed by atoms with Crippen molar-refractivity contribution in [3.63, 3.8) is 0 Å². The third-order valence-electron chi connectivity index (χ3n) is 13.3. The van der Waals surface area contributed by atoms with E-state index in [9.17, 15) is 0 Å². The molecule has 11 aromatic rings. The molecule has 0 saturated heterocycles. The molecule has 284 valence electrons. The summed E-state index contributed by atoms with van der Waals surface area (Å²) in [5, 5.41) is 4.53. The standard InChI is InChI=1S/C59H37NO/c1-2-16-38(17-3-1)39-32-35-41(36-33-39)60(53-29-13-9-23-46(53)47-24-15-31-55-56(47)49-37-34-40-18-4-5-19-42(40)58(49)61-55)54-30-14-25-48-45-22-8-12-28-52(45)59(57(48)54)50-26-10-6-20-43(50)44-21-7-11-27-51(44)59/h1-37H. The molecule has 0 fully saturated rings. The van der Waals surface area contributed by atoms with Crippen LogP contribution in [0.25, 0.3) is 77.2 Å². The Bertz CT molecular complexity index is 3480. The van der Waals surface area contributed by atoms with Gasteiger partial charge in [0.25, 0.3) is 0 Å². The summed E-state index contributed by atoms with van der Waals surface area (Å²) in [6.07, 6.45) is 0. The molecule has 1 spiro atoms. The number of furan rings is 1. The van der Waals surface area contributed by atoms with Crippen LogP contribution in [-0.2, 0) is 5.41 Å². The van der Waals surface area contributed by atoms with Crippen LogP contribution in [0.15, 0.2) is 229 Å². The van der Waals surface area contributed by atoms with Crippen molar-refractivity contribution >= 4 is 49.8 Å². The molecular weight excluding hydrogens is 739 g/mol. The SMILES string of the molecule is c1ccc(-c2ccc(N(c3ccccc3-c3cccc4oc5c6ccccc6ccc5c34)c3cccc4c3C3(c5ccccc5-c5ccccc53)c3ccccc3-4)cc2)cc1. The Labute approximate surface area is 354 Å². The van der Waals surface area contributed by atoms with Crippen molar-refractivity contribution in [2.24, 2.45) is 0 Å². The molecule has 0 atom stereocenters. The van der Waals surface area contributed by atoms with Crippen LogP contribution in [0.1, 0.15) is 22.3 Å². The molecule has 2 heteroatoms. The molecule has 0 radical (unpaired) electrons. The fraction of sp³-hybridized carbons (Fsp3) is 0.0169. The van der Waals surface area contributed by atoms with E-state index in [1.807, 2.05) is 0 Å². The Morgan fingerprint density at radius 2 is 0.885 bits per heavy atom. The fourth-order valence-corrected chi connectivity index (χ4v) is 10.8. The van der Waals surface area contributed by atoms with Gasteiger partial charge in [-0.1, -0.05) is 188 Å². The second-order valence-electron chi connectivity index (χ2n) is 16.3. The van der Waals surface area contributed by atoms with Crippen LogP contribution >= 0.6 is 0 Å². The number of hydrogen-bond donors (Lipinski definition) is 0. The van der Waals surface area contributed by atoms with E-state index in [-0.39, 0.29) is 0 Å². The van der Waals surface area contributed by atoms with E-state index in [4.69, 9.17) is 4.42 Å². The normalized spacial score (nSPS) is 13.0. The van der Waals surface area contributed by atoms with Crippen molar-refractivity contribution in [3.8, 4) is 44.5 Å². The molecule has 0 N–H and O–H groups in total. The van der Waals surface area contributed by atoms with Gasteiger partial charge in [-0.2, -0.15) is 0 Å². The highest BCUT2D eigenvalue weighted by Gasteiger charge is 2.53. The van der Waals surface area contributed by atoms with Crippen molar-refractivity contribution in [2.45, 2.75) is 5.41 Å². The molecule has 2 aliphatic carbocycles. The van der Waals surface area contributed by atoms with Gasteiger partial charge >= 0.3 is 0 Å². The molecule has 0 unspecified atom stereocenters. The molecule has 10 aromatic carbocycles. The lowest BCUT2D eigenvalue weighted by atomic mass is 9.70. The Hall–Kier alpha value is -7.94. The maximum Gasteiger partial charge on any atom is 0.143 e. The summed E-state index contributed by atoms with van der Waals surface area (Å²) in [5.41, 5.74) is 19.6. The molecular formula is C59H37NO. The predicted molar refractivity (Wildman–Crippen MR) is 253 cm³/mol. The van der Waals surface area contributed by atoms with Crippen molar-refractivity contribution in [3.05, 3.63) is 247 Å². The summed E-state index contributed by atoms with van der Waals surface area (Å²) in [5.74, 6) is 0. The van der Waals surface area contributed by atoms with Gasteiger partial charge in [0.05, 0.1) is 16.8 Å². The second kappa shape index (κ2) is 13.0. The van der Waals surface area contributed by atoms with Crippen molar-refractivity contribution in [1.82, 2.24) is 0 Å². The highest BCUT2D eigenvalue weighted by Crippen LogP contribution is 2.65. The molecule has 0 saturated carbocycles. The number of anilines is 3. The molecule has 2 nitrogen and oxygen atoms in total. The van der Waals surface area contributed by atoms with Crippen LogP contribution in [0.3, 0.4) is 0 Å². The topological polar surface area (TPSA) is 16.4 Å². The van der Waals surface area contributed by atoms with Crippen LogP contribution in [0.4, 0.5) is 17.1 Å². The third kappa shape index (κ3) is 4.73. The van der Waals surface area contributed by atoms with Crippen LogP contribution in [-0.4, -0.2) is 0 Å². The first-order chi connectivity index (χ1) is 30.3. The summed E-state index contributed by atoms with van der Waals surface area (Å²) in [4.78, 5) is 2.52. The number of benzene rings is 10. The largest absolute Gasteiger partial charge is 0.455 e. The number of fused-ring (bicyclic) bond motifs is 15. The van der Waals surface area contributed by atoms with E-state index < -0.39 is 5.41 Å². The molecule has 13 rings (SSSR count). The minimum atomic E-state index is -0.533. The van der Waals surface area contributed by atoms with E-state index in [0.717, 1.165) is 55.5 Å². The van der Waals surface area contributed by atoms with Crippen LogP contribution in [0, 0.1) is 0 Å². The van der Waals surface area contributed by atoms with E-state index in [1.54, 1.807) is 0 Å². The molecule has 1 aromatic heterocycles. The summed E-state index contributed by atoms with van der Waals surface area (Å²) in [6.45, 7) is 0. The van der Waals surface area contributed by atoms with Gasteiger partial charge in [0.2, 0.25) is 0 Å². The fourth-order valence-electron chi connectivity index (χ4n) is 10.8. The monoisotopic (exact) mass is 775 g/mol. The van der Waals surface area contributed by atoms with Gasteiger partial charge in [0.1, 0.15) is 11.2 Å². The van der Waals surface area contributed by atoms with E-state index in [0.29, 0.717) is 0 Å². The zero-order valence-corrected chi connectivity index (χ0v) is 33.2. The lowest BCUT2D eigenvalue weighted by Crippen LogP contribution is -2.28. The van der Waals surface area contributed by atoms with Gasteiger partial charge in [0, 0.05) is 33.0 Å². The van der Waals surface area contributed by atoms with Gasteiger partial charge in [0.15, 0.2) is 0 Å². The van der Waals surface area contributed by atoms with Crippen molar-refractivity contribution < 1.29 is 4.42 Å². The highest BCUT2D eigenvalue weighted by molar-refractivity contribution is 6.20. The minimum Gasteiger partial charge on any atom is -0.455 e. The van der Waals surface area contributed by atoms with Gasteiger partial charge in [-0.05, 0) is 97.4 Å². The van der Waals surface area contributed by atoms with Crippen LogP contribution in [0.2, 0.25) is 0 Å². The van der Waals surface area contributed by atoms with Crippen LogP contribution in [0.5, 0.6) is 0 Å². The van der Waals surface area contributed by atoms with Gasteiger partial charge in [-0.3, -0.25) is 0 Å². The quantitative estimate of drug-likeness (QED) is 0.173.